The Morgan fingerprint density at radius 1 is 1.50 bits per heavy atom. The van der Waals surface area contributed by atoms with Crippen molar-refractivity contribution in [1.29, 1.82) is 0 Å². The van der Waals surface area contributed by atoms with E-state index in [2.05, 4.69) is 0 Å². The standard InChI is InChI=1S/C13H19NO4S2/c1-10-8-14(5-6-19-10)20(16,17)13-4-3-11(9-15)7-12(13)18-2/h3-4,7,10,15H,5-6,8-9H2,1-2H3. The van der Waals surface area contributed by atoms with Gasteiger partial charge in [-0.05, 0) is 17.7 Å². The third-order valence-electron chi connectivity index (χ3n) is 3.23. The minimum Gasteiger partial charge on any atom is -0.495 e. The summed E-state index contributed by atoms with van der Waals surface area (Å²) in [6, 6.07) is 4.68. The van der Waals surface area contributed by atoms with E-state index in [1.54, 1.807) is 23.9 Å². The average molecular weight is 317 g/mol. The Morgan fingerprint density at radius 3 is 2.85 bits per heavy atom. The van der Waals surface area contributed by atoms with Crippen LogP contribution in [0.5, 0.6) is 5.75 Å². The Labute approximate surface area is 124 Å². The molecule has 1 heterocycles. The Kier molecular flexibility index (Phi) is 4.95. The molecule has 112 valence electrons. The van der Waals surface area contributed by atoms with Crippen molar-refractivity contribution in [3.8, 4) is 5.75 Å². The number of rotatable bonds is 4. The molecule has 1 fully saturated rings. The van der Waals surface area contributed by atoms with Gasteiger partial charge in [-0.3, -0.25) is 0 Å². The molecule has 0 aliphatic carbocycles. The molecule has 0 spiro atoms. The first-order valence-electron chi connectivity index (χ1n) is 6.38. The van der Waals surface area contributed by atoms with Gasteiger partial charge in [-0.15, -0.1) is 0 Å². The summed E-state index contributed by atoms with van der Waals surface area (Å²) in [4.78, 5) is 0.163. The third kappa shape index (κ3) is 3.11. The predicted molar refractivity (Wildman–Crippen MR) is 79.6 cm³/mol. The van der Waals surface area contributed by atoms with Gasteiger partial charge in [-0.2, -0.15) is 16.1 Å². The highest BCUT2D eigenvalue weighted by Crippen LogP contribution is 2.30. The van der Waals surface area contributed by atoms with Gasteiger partial charge >= 0.3 is 0 Å². The molecule has 0 saturated carbocycles. The van der Waals surface area contributed by atoms with Crippen LogP contribution in [0.15, 0.2) is 23.1 Å². The molecule has 1 aliphatic heterocycles. The maximum absolute atomic E-state index is 12.7. The van der Waals surface area contributed by atoms with E-state index in [0.29, 0.717) is 23.9 Å². The predicted octanol–water partition coefficient (Wildman–Crippen LogP) is 1.31. The molecule has 1 aliphatic rings. The van der Waals surface area contributed by atoms with Crippen molar-refractivity contribution in [1.82, 2.24) is 4.31 Å². The van der Waals surface area contributed by atoms with Crippen molar-refractivity contribution in [2.45, 2.75) is 23.7 Å². The number of sulfonamides is 1. The van der Waals surface area contributed by atoms with Gasteiger partial charge < -0.3 is 9.84 Å². The minimum absolute atomic E-state index is 0.145. The maximum atomic E-state index is 12.7. The van der Waals surface area contributed by atoms with E-state index in [4.69, 9.17) is 9.84 Å². The Bertz CT molecular complexity index is 574. The Balaban J connectivity index is 2.38. The van der Waals surface area contributed by atoms with Gasteiger partial charge in [0.1, 0.15) is 10.6 Å². The van der Waals surface area contributed by atoms with Crippen LogP contribution >= 0.6 is 11.8 Å². The molecule has 0 aromatic heterocycles. The molecule has 1 aromatic rings. The number of thioether (sulfide) groups is 1. The summed E-state index contributed by atoms with van der Waals surface area (Å²) in [5, 5.41) is 9.41. The van der Waals surface area contributed by atoms with Gasteiger partial charge in [0, 0.05) is 24.1 Å². The fourth-order valence-electron chi connectivity index (χ4n) is 2.17. The zero-order valence-corrected chi connectivity index (χ0v) is 13.2. The van der Waals surface area contributed by atoms with E-state index in [9.17, 15) is 8.42 Å². The lowest BCUT2D eigenvalue weighted by atomic mass is 10.2. The second kappa shape index (κ2) is 6.34. The molecular formula is C13H19NO4S2. The Hall–Kier alpha value is -0.760. The fraction of sp³-hybridized carbons (Fsp3) is 0.538. The van der Waals surface area contributed by atoms with Crippen LogP contribution in [0.3, 0.4) is 0 Å². The number of hydrogen-bond acceptors (Lipinski definition) is 5. The number of ether oxygens (including phenoxy) is 1. The molecule has 1 unspecified atom stereocenters. The lowest BCUT2D eigenvalue weighted by Gasteiger charge is -2.30. The number of hydrogen-bond donors (Lipinski definition) is 1. The van der Waals surface area contributed by atoms with Crippen LogP contribution in [0.4, 0.5) is 0 Å². The lowest BCUT2D eigenvalue weighted by molar-refractivity contribution is 0.280. The van der Waals surface area contributed by atoms with Crippen LogP contribution in [-0.4, -0.2) is 49.0 Å². The van der Waals surface area contributed by atoms with E-state index in [0.717, 1.165) is 5.75 Å². The Morgan fingerprint density at radius 2 is 2.25 bits per heavy atom. The van der Waals surface area contributed by atoms with Crippen LogP contribution in [0, 0.1) is 0 Å². The highest BCUT2D eigenvalue weighted by Gasteiger charge is 2.31. The average Bonchev–Trinajstić information content (AvgIpc) is 2.46. The number of nitrogens with zero attached hydrogens (tertiary/aromatic N) is 1. The molecule has 1 saturated heterocycles. The summed E-state index contributed by atoms with van der Waals surface area (Å²) in [5.74, 6) is 1.08. The summed E-state index contributed by atoms with van der Waals surface area (Å²) in [5.41, 5.74) is 0.628. The fourth-order valence-corrected chi connectivity index (χ4v) is 5.06. The molecule has 0 bridgehead atoms. The number of aliphatic hydroxyl groups is 1. The molecular weight excluding hydrogens is 298 g/mol. The molecule has 1 atom stereocenters. The second-order valence-corrected chi connectivity index (χ2v) is 8.14. The van der Waals surface area contributed by atoms with Gasteiger partial charge in [0.25, 0.3) is 0 Å². The normalized spacial score (nSPS) is 20.9. The minimum atomic E-state index is -3.55. The first-order chi connectivity index (χ1) is 9.48. The molecule has 0 amide bonds. The molecule has 20 heavy (non-hydrogen) atoms. The lowest BCUT2D eigenvalue weighted by Crippen LogP contribution is -2.41. The van der Waals surface area contributed by atoms with Crippen molar-refractivity contribution >= 4 is 21.8 Å². The van der Waals surface area contributed by atoms with E-state index >= 15 is 0 Å². The second-order valence-electron chi connectivity index (χ2n) is 4.69. The summed E-state index contributed by atoms with van der Waals surface area (Å²) in [7, 11) is -2.11. The van der Waals surface area contributed by atoms with E-state index in [1.165, 1.54) is 17.5 Å². The van der Waals surface area contributed by atoms with Gasteiger partial charge in [0.2, 0.25) is 10.0 Å². The summed E-state index contributed by atoms with van der Waals surface area (Å²) < 4.78 is 32.0. The maximum Gasteiger partial charge on any atom is 0.246 e. The van der Waals surface area contributed by atoms with Gasteiger partial charge in [-0.25, -0.2) is 8.42 Å². The van der Waals surface area contributed by atoms with Crippen molar-refractivity contribution in [3.63, 3.8) is 0 Å². The molecule has 7 heteroatoms. The van der Waals surface area contributed by atoms with Gasteiger partial charge in [0.15, 0.2) is 0 Å². The largest absolute Gasteiger partial charge is 0.495 e. The van der Waals surface area contributed by atoms with Gasteiger partial charge in [0.05, 0.1) is 13.7 Å². The smallest absolute Gasteiger partial charge is 0.246 e. The van der Waals surface area contributed by atoms with Crippen LogP contribution in [0.2, 0.25) is 0 Å². The number of benzene rings is 1. The van der Waals surface area contributed by atoms with Crippen LogP contribution in [-0.2, 0) is 16.6 Å². The zero-order valence-electron chi connectivity index (χ0n) is 11.6. The van der Waals surface area contributed by atoms with Crippen LogP contribution < -0.4 is 4.74 Å². The highest BCUT2D eigenvalue weighted by molar-refractivity contribution is 8.00. The van der Waals surface area contributed by atoms with Crippen LogP contribution in [0.25, 0.3) is 0 Å². The van der Waals surface area contributed by atoms with E-state index in [1.807, 2.05) is 6.92 Å². The molecule has 1 N–H and O–H groups in total. The summed E-state index contributed by atoms with van der Waals surface area (Å²) >= 11 is 1.78. The number of methoxy groups -OCH3 is 1. The molecule has 2 rings (SSSR count). The van der Waals surface area contributed by atoms with Crippen molar-refractivity contribution in [2.75, 3.05) is 26.0 Å². The zero-order chi connectivity index (χ0) is 14.8. The number of aliphatic hydroxyl groups excluding tert-OH is 1. The highest BCUT2D eigenvalue weighted by atomic mass is 32.2. The molecule has 0 radical (unpaired) electrons. The molecule has 5 nitrogen and oxygen atoms in total. The third-order valence-corrected chi connectivity index (χ3v) is 6.27. The monoisotopic (exact) mass is 317 g/mol. The first kappa shape index (κ1) is 15.6. The van der Waals surface area contributed by atoms with E-state index in [-0.39, 0.29) is 17.3 Å². The van der Waals surface area contributed by atoms with Crippen molar-refractivity contribution in [3.05, 3.63) is 23.8 Å². The first-order valence-corrected chi connectivity index (χ1v) is 8.87. The topological polar surface area (TPSA) is 66.8 Å². The van der Waals surface area contributed by atoms with Gasteiger partial charge in [-0.1, -0.05) is 13.0 Å². The van der Waals surface area contributed by atoms with E-state index < -0.39 is 10.0 Å². The summed E-state index contributed by atoms with van der Waals surface area (Å²) in [6.07, 6.45) is 0. The van der Waals surface area contributed by atoms with Crippen LogP contribution in [0.1, 0.15) is 12.5 Å². The SMILES string of the molecule is COc1cc(CO)ccc1S(=O)(=O)N1CCSC(C)C1. The quantitative estimate of drug-likeness (QED) is 0.907. The molecule has 1 aromatic carbocycles. The summed E-state index contributed by atoms with van der Waals surface area (Å²) in [6.45, 7) is 2.91. The van der Waals surface area contributed by atoms with Crippen molar-refractivity contribution in [2.24, 2.45) is 0 Å². The van der Waals surface area contributed by atoms with Crippen molar-refractivity contribution < 1.29 is 18.3 Å².